The van der Waals surface area contributed by atoms with E-state index in [0.29, 0.717) is 10.0 Å². The van der Waals surface area contributed by atoms with Crippen LogP contribution >= 0.6 is 23.2 Å². The Bertz CT molecular complexity index is 431. The van der Waals surface area contributed by atoms with Crippen LogP contribution < -0.4 is 5.73 Å². The standard InChI is InChI=1S/C12H15Cl2NOS/c13-11-6-5-10(7-12(11)14)17(16)9-3-1-8(15)2-4-9/h5-9H,1-4,15H2. The fourth-order valence-electron chi connectivity index (χ4n) is 2.10. The van der Waals surface area contributed by atoms with Gasteiger partial charge in [0.1, 0.15) is 0 Å². The number of benzene rings is 1. The van der Waals surface area contributed by atoms with Gasteiger partial charge in [0.05, 0.1) is 20.8 Å². The molecule has 2 N–H and O–H groups in total. The zero-order valence-electron chi connectivity index (χ0n) is 9.36. The van der Waals surface area contributed by atoms with Crippen molar-refractivity contribution < 1.29 is 4.21 Å². The first kappa shape index (κ1) is 13.3. The fraction of sp³-hybridized carbons (Fsp3) is 0.500. The summed E-state index contributed by atoms with van der Waals surface area (Å²) in [5.41, 5.74) is 5.84. The summed E-state index contributed by atoms with van der Waals surface area (Å²) in [4.78, 5) is 0.764. The molecule has 0 aliphatic heterocycles. The molecular formula is C12H15Cl2NOS. The van der Waals surface area contributed by atoms with Gasteiger partial charge in [0.2, 0.25) is 0 Å². The van der Waals surface area contributed by atoms with E-state index in [1.54, 1.807) is 18.2 Å². The summed E-state index contributed by atoms with van der Waals surface area (Å²) < 4.78 is 12.3. The Kier molecular flexibility index (Phi) is 4.47. The number of rotatable bonds is 2. The second kappa shape index (κ2) is 5.70. The van der Waals surface area contributed by atoms with Crippen molar-refractivity contribution in [3.05, 3.63) is 28.2 Å². The monoisotopic (exact) mass is 291 g/mol. The van der Waals surface area contributed by atoms with Crippen molar-refractivity contribution in [3.63, 3.8) is 0 Å². The molecule has 1 saturated carbocycles. The summed E-state index contributed by atoms with van der Waals surface area (Å²) in [5.74, 6) is 0. The van der Waals surface area contributed by atoms with E-state index in [9.17, 15) is 4.21 Å². The lowest BCUT2D eigenvalue weighted by Crippen LogP contribution is -2.31. The van der Waals surface area contributed by atoms with Crippen molar-refractivity contribution in [1.82, 2.24) is 0 Å². The van der Waals surface area contributed by atoms with Crippen LogP contribution in [0.15, 0.2) is 23.1 Å². The van der Waals surface area contributed by atoms with Gasteiger partial charge in [0.25, 0.3) is 0 Å². The predicted molar refractivity (Wildman–Crippen MR) is 73.1 cm³/mol. The van der Waals surface area contributed by atoms with Gasteiger partial charge < -0.3 is 5.73 Å². The summed E-state index contributed by atoms with van der Waals surface area (Å²) in [6.07, 6.45) is 3.76. The number of halogens is 2. The van der Waals surface area contributed by atoms with Crippen LogP contribution in [0, 0.1) is 0 Å². The minimum absolute atomic E-state index is 0.201. The topological polar surface area (TPSA) is 43.1 Å². The minimum Gasteiger partial charge on any atom is -0.328 e. The van der Waals surface area contributed by atoms with Crippen LogP contribution in [-0.4, -0.2) is 15.5 Å². The van der Waals surface area contributed by atoms with Crippen LogP contribution in [-0.2, 0) is 10.8 Å². The molecular weight excluding hydrogens is 277 g/mol. The highest BCUT2D eigenvalue weighted by atomic mass is 35.5. The van der Waals surface area contributed by atoms with Crippen LogP contribution in [0.4, 0.5) is 0 Å². The fourth-order valence-corrected chi connectivity index (χ4v) is 3.98. The molecule has 1 aliphatic carbocycles. The summed E-state index contributed by atoms with van der Waals surface area (Å²) in [6.45, 7) is 0. The molecule has 0 amide bonds. The van der Waals surface area contributed by atoms with Crippen molar-refractivity contribution in [2.75, 3.05) is 0 Å². The zero-order valence-corrected chi connectivity index (χ0v) is 11.7. The molecule has 5 heteroatoms. The van der Waals surface area contributed by atoms with E-state index in [1.807, 2.05) is 0 Å². The first-order chi connectivity index (χ1) is 8.08. The minimum atomic E-state index is -1.00. The maximum atomic E-state index is 12.3. The average molecular weight is 292 g/mol. The molecule has 0 spiro atoms. The van der Waals surface area contributed by atoms with Crippen LogP contribution in [0.1, 0.15) is 25.7 Å². The molecule has 1 unspecified atom stereocenters. The van der Waals surface area contributed by atoms with Crippen molar-refractivity contribution >= 4 is 34.0 Å². The van der Waals surface area contributed by atoms with Gasteiger partial charge in [-0.2, -0.15) is 0 Å². The Hall–Kier alpha value is -0.0900. The number of hydrogen-bond donors (Lipinski definition) is 1. The van der Waals surface area contributed by atoms with E-state index in [0.717, 1.165) is 30.6 Å². The Balaban J connectivity index is 2.11. The lowest BCUT2D eigenvalue weighted by molar-refractivity contribution is 0.444. The number of nitrogens with two attached hydrogens (primary N) is 1. The summed E-state index contributed by atoms with van der Waals surface area (Å²) in [7, 11) is -1.00. The third-order valence-corrected chi connectivity index (χ3v) is 5.68. The smallest absolute Gasteiger partial charge is 0.0604 e. The maximum Gasteiger partial charge on any atom is 0.0604 e. The van der Waals surface area contributed by atoms with E-state index in [-0.39, 0.29) is 11.3 Å². The predicted octanol–water partition coefficient (Wildman–Crippen LogP) is 3.37. The highest BCUT2D eigenvalue weighted by Gasteiger charge is 2.24. The van der Waals surface area contributed by atoms with Gasteiger partial charge in [-0.05, 0) is 43.9 Å². The third-order valence-electron chi connectivity index (χ3n) is 3.14. The second-order valence-corrected chi connectivity index (χ2v) is 6.96. The Morgan fingerprint density at radius 3 is 2.35 bits per heavy atom. The molecule has 0 saturated heterocycles. The van der Waals surface area contributed by atoms with Crippen molar-refractivity contribution in [3.8, 4) is 0 Å². The normalized spacial score (nSPS) is 26.8. The molecule has 1 aromatic carbocycles. The lowest BCUT2D eigenvalue weighted by atomic mass is 9.96. The quantitative estimate of drug-likeness (QED) is 0.908. The number of hydrogen-bond acceptors (Lipinski definition) is 2. The van der Waals surface area contributed by atoms with E-state index in [1.165, 1.54) is 0 Å². The molecule has 1 aliphatic rings. The SMILES string of the molecule is NC1CCC(S(=O)c2ccc(Cl)c(Cl)c2)CC1. The van der Waals surface area contributed by atoms with E-state index in [4.69, 9.17) is 28.9 Å². The Labute approximate surface area is 114 Å². The first-order valence-corrected chi connectivity index (χ1v) is 7.66. The molecule has 1 atom stereocenters. The van der Waals surface area contributed by atoms with Gasteiger partial charge in [-0.1, -0.05) is 23.2 Å². The van der Waals surface area contributed by atoms with Gasteiger partial charge in [-0.3, -0.25) is 4.21 Å². The third kappa shape index (κ3) is 3.22. The van der Waals surface area contributed by atoms with Gasteiger partial charge in [-0.25, -0.2) is 0 Å². The molecule has 0 radical (unpaired) electrons. The van der Waals surface area contributed by atoms with Gasteiger partial charge in [-0.15, -0.1) is 0 Å². The highest BCUT2D eigenvalue weighted by Crippen LogP contribution is 2.29. The molecule has 0 bridgehead atoms. The molecule has 94 valence electrons. The lowest BCUT2D eigenvalue weighted by Gasteiger charge is -2.25. The van der Waals surface area contributed by atoms with Gasteiger partial charge in [0.15, 0.2) is 0 Å². The van der Waals surface area contributed by atoms with E-state index >= 15 is 0 Å². The summed E-state index contributed by atoms with van der Waals surface area (Å²) in [6, 6.07) is 5.47. The molecule has 2 rings (SSSR count). The van der Waals surface area contributed by atoms with E-state index < -0.39 is 10.8 Å². The van der Waals surface area contributed by atoms with Crippen molar-refractivity contribution in [2.24, 2.45) is 5.73 Å². The molecule has 0 heterocycles. The van der Waals surface area contributed by atoms with E-state index in [2.05, 4.69) is 0 Å². The van der Waals surface area contributed by atoms with Crippen LogP contribution in [0.5, 0.6) is 0 Å². The van der Waals surface area contributed by atoms with Crippen LogP contribution in [0.3, 0.4) is 0 Å². The maximum absolute atomic E-state index is 12.3. The highest BCUT2D eigenvalue weighted by molar-refractivity contribution is 7.85. The average Bonchev–Trinajstić information content (AvgIpc) is 2.33. The van der Waals surface area contributed by atoms with Crippen LogP contribution in [0.2, 0.25) is 10.0 Å². The Morgan fingerprint density at radius 2 is 1.76 bits per heavy atom. The van der Waals surface area contributed by atoms with Crippen molar-refractivity contribution in [1.29, 1.82) is 0 Å². The first-order valence-electron chi connectivity index (χ1n) is 5.69. The summed E-state index contributed by atoms with van der Waals surface area (Å²) in [5, 5.41) is 1.16. The second-order valence-electron chi connectivity index (χ2n) is 4.41. The van der Waals surface area contributed by atoms with Crippen molar-refractivity contribution in [2.45, 2.75) is 41.9 Å². The molecule has 1 aromatic rings. The van der Waals surface area contributed by atoms with Crippen LogP contribution in [0.25, 0.3) is 0 Å². The molecule has 0 aromatic heterocycles. The van der Waals surface area contributed by atoms with Gasteiger partial charge in [0, 0.05) is 16.2 Å². The molecule has 17 heavy (non-hydrogen) atoms. The molecule has 1 fully saturated rings. The molecule has 2 nitrogen and oxygen atoms in total. The summed E-state index contributed by atoms with van der Waals surface area (Å²) >= 11 is 11.8. The van der Waals surface area contributed by atoms with Gasteiger partial charge >= 0.3 is 0 Å². The zero-order chi connectivity index (χ0) is 12.4. The Morgan fingerprint density at radius 1 is 1.12 bits per heavy atom. The largest absolute Gasteiger partial charge is 0.328 e.